The van der Waals surface area contributed by atoms with Gasteiger partial charge in [0.1, 0.15) is 11.5 Å². The van der Waals surface area contributed by atoms with Crippen LogP contribution in [-0.4, -0.2) is 27.2 Å². The van der Waals surface area contributed by atoms with Crippen LogP contribution >= 0.6 is 0 Å². The Morgan fingerprint density at radius 3 is 2.61 bits per heavy atom. The molecule has 170 valence electrons. The van der Waals surface area contributed by atoms with E-state index in [0.717, 1.165) is 18.3 Å². The smallest absolute Gasteiger partial charge is 0.406 e. The molecule has 1 amide bonds. The zero-order chi connectivity index (χ0) is 23.8. The zero-order valence-corrected chi connectivity index (χ0v) is 16.1. The van der Waals surface area contributed by atoms with Crippen LogP contribution in [0.25, 0.3) is 11.2 Å². The first kappa shape index (κ1) is 21.9. The van der Waals surface area contributed by atoms with Crippen LogP contribution in [-0.2, 0) is 0 Å². The van der Waals surface area contributed by atoms with Gasteiger partial charge in [0.05, 0.1) is 11.6 Å². The van der Waals surface area contributed by atoms with Crippen LogP contribution in [0, 0.1) is 11.6 Å². The van der Waals surface area contributed by atoms with Gasteiger partial charge >= 0.3 is 12.1 Å². The van der Waals surface area contributed by atoms with E-state index in [-0.39, 0.29) is 28.1 Å². The maximum absolute atomic E-state index is 14.4. The van der Waals surface area contributed by atoms with Crippen molar-refractivity contribution in [2.24, 2.45) is 0 Å². The van der Waals surface area contributed by atoms with Crippen molar-refractivity contribution < 1.29 is 35.9 Å². The molecule has 0 saturated heterocycles. The number of halogens is 5. The normalized spacial score (nSPS) is 12.5. The standard InChI is InChI=1S/C20H11F5N4O4/c21-11-2-1-5-26-16(11)15(9-3-4-13(12(22)6-9)33-20(23,24)25)28-18(30)10-7-14-17(27-8-10)29-19(31)32-14/h1-8,15H,(H,28,30)(H,27,29,31). The number of carbonyl (C=O) groups excluding carboxylic acids is 1. The van der Waals surface area contributed by atoms with Crippen LogP contribution in [0.15, 0.2) is 58.0 Å². The number of nitrogens with one attached hydrogen (secondary N) is 2. The number of oxazole rings is 1. The summed E-state index contributed by atoms with van der Waals surface area (Å²) in [6.45, 7) is 0. The second-order valence-corrected chi connectivity index (χ2v) is 6.60. The van der Waals surface area contributed by atoms with Crippen LogP contribution < -0.4 is 15.8 Å². The molecule has 0 fully saturated rings. The molecule has 0 aliphatic rings. The number of carbonyl (C=O) groups is 1. The van der Waals surface area contributed by atoms with E-state index in [4.69, 9.17) is 4.42 Å². The van der Waals surface area contributed by atoms with Gasteiger partial charge in [-0.3, -0.25) is 14.8 Å². The largest absolute Gasteiger partial charge is 0.573 e. The fraction of sp³-hybridized carbons (Fsp3) is 0.100. The van der Waals surface area contributed by atoms with Gasteiger partial charge < -0.3 is 14.5 Å². The Balaban J connectivity index is 1.71. The highest BCUT2D eigenvalue weighted by molar-refractivity contribution is 5.96. The lowest BCUT2D eigenvalue weighted by molar-refractivity contribution is -0.275. The second-order valence-electron chi connectivity index (χ2n) is 6.60. The Labute approximate surface area is 180 Å². The molecule has 1 aromatic carbocycles. The summed E-state index contributed by atoms with van der Waals surface area (Å²) in [5, 5.41) is 2.43. The van der Waals surface area contributed by atoms with Gasteiger partial charge in [-0.25, -0.2) is 18.6 Å². The molecule has 0 radical (unpaired) electrons. The minimum Gasteiger partial charge on any atom is -0.406 e. The maximum atomic E-state index is 14.4. The molecule has 3 heterocycles. The number of alkyl halides is 3. The van der Waals surface area contributed by atoms with Crippen LogP contribution in [0.2, 0.25) is 0 Å². The zero-order valence-electron chi connectivity index (χ0n) is 16.1. The molecule has 0 spiro atoms. The number of aromatic nitrogens is 3. The molecule has 0 saturated carbocycles. The van der Waals surface area contributed by atoms with Crippen LogP contribution in [0.4, 0.5) is 22.0 Å². The van der Waals surface area contributed by atoms with E-state index in [2.05, 4.69) is 25.0 Å². The molecule has 4 rings (SSSR count). The van der Waals surface area contributed by atoms with Crippen molar-refractivity contribution in [2.45, 2.75) is 12.4 Å². The molecule has 0 aliphatic heterocycles. The van der Waals surface area contributed by atoms with Crippen molar-refractivity contribution in [1.82, 2.24) is 20.3 Å². The molecular weight excluding hydrogens is 455 g/mol. The topological polar surface area (TPSA) is 110 Å². The third kappa shape index (κ3) is 4.81. The summed E-state index contributed by atoms with van der Waals surface area (Å²) in [6.07, 6.45) is -2.80. The predicted octanol–water partition coefficient (Wildman–Crippen LogP) is 3.61. The maximum Gasteiger partial charge on any atom is 0.573 e. The SMILES string of the molecule is O=C(NC(c1ccc(OC(F)(F)F)c(F)c1)c1ncccc1F)c1cnc2[nH]c(=O)oc2c1. The Morgan fingerprint density at radius 2 is 1.91 bits per heavy atom. The number of aromatic amines is 1. The number of hydrogen-bond donors (Lipinski definition) is 2. The Bertz CT molecular complexity index is 1400. The summed E-state index contributed by atoms with van der Waals surface area (Å²) in [6, 6.07) is 4.50. The van der Waals surface area contributed by atoms with Gasteiger partial charge in [0, 0.05) is 12.4 Å². The quantitative estimate of drug-likeness (QED) is 0.435. The van der Waals surface area contributed by atoms with Gasteiger partial charge in [-0.2, -0.15) is 0 Å². The molecule has 33 heavy (non-hydrogen) atoms. The molecule has 0 bridgehead atoms. The fourth-order valence-corrected chi connectivity index (χ4v) is 3.00. The first-order chi connectivity index (χ1) is 15.6. The van der Waals surface area contributed by atoms with Gasteiger partial charge in [0.25, 0.3) is 5.91 Å². The molecule has 1 unspecified atom stereocenters. The number of nitrogens with zero attached hydrogens (tertiary/aromatic N) is 2. The predicted molar refractivity (Wildman–Crippen MR) is 101 cm³/mol. The van der Waals surface area contributed by atoms with Crippen molar-refractivity contribution >= 4 is 17.1 Å². The van der Waals surface area contributed by atoms with Gasteiger partial charge in [0.2, 0.25) is 0 Å². The summed E-state index contributed by atoms with van der Waals surface area (Å²) in [5.74, 6) is -4.98. The van der Waals surface area contributed by atoms with Gasteiger partial charge in [-0.15, -0.1) is 13.2 Å². The van der Waals surface area contributed by atoms with E-state index in [9.17, 15) is 31.5 Å². The number of H-pyrrole nitrogens is 1. The molecule has 13 heteroatoms. The van der Waals surface area contributed by atoms with Crippen LogP contribution in [0.1, 0.15) is 27.7 Å². The Morgan fingerprint density at radius 1 is 1.12 bits per heavy atom. The summed E-state index contributed by atoms with van der Waals surface area (Å²) in [4.78, 5) is 34.1. The molecule has 2 N–H and O–H groups in total. The highest BCUT2D eigenvalue weighted by Crippen LogP contribution is 2.30. The lowest BCUT2D eigenvalue weighted by Gasteiger charge is -2.20. The average molecular weight is 466 g/mol. The first-order valence-electron chi connectivity index (χ1n) is 9.06. The Hall–Kier alpha value is -4.29. The van der Waals surface area contributed by atoms with E-state index in [1.165, 1.54) is 18.3 Å². The lowest BCUT2D eigenvalue weighted by atomic mass is 10.0. The van der Waals surface area contributed by atoms with E-state index < -0.39 is 41.5 Å². The molecule has 8 nitrogen and oxygen atoms in total. The monoisotopic (exact) mass is 466 g/mol. The number of hydrogen-bond acceptors (Lipinski definition) is 6. The molecule has 4 aromatic rings. The minimum absolute atomic E-state index is 0.0205. The lowest BCUT2D eigenvalue weighted by Crippen LogP contribution is -2.31. The van der Waals surface area contributed by atoms with Gasteiger partial charge in [-0.05, 0) is 35.9 Å². The number of amides is 1. The second kappa shape index (κ2) is 8.33. The number of rotatable bonds is 5. The highest BCUT2D eigenvalue weighted by Gasteiger charge is 2.33. The molecule has 3 aromatic heterocycles. The molecular formula is C20H11F5N4O4. The van der Waals surface area contributed by atoms with E-state index in [1.54, 1.807) is 0 Å². The van der Waals surface area contributed by atoms with Gasteiger partial charge in [0.15, 0.2) is 22.8 Å². The first-order valence-corrected chi connectivity index (χ1v) is 9.06. The third-order valence-electron chi connectivity index (χ3n) is 4.39. The summed E-state index contributed by atoms with van der Waals surface area (Å²) in [7, 11) is 0. The molecule has 0 aliphatic carbocycles. The van der Waals surface area contributed by atoms with Crippen LogP contribution in [0.3, 0.4) is 0 Å². The van der Waals surface area contributed by atoms with Crippen molar-refractivity contribution in [3.63, 3.8) is 0 Å². The van der Waals surface area contributed by atoms with Crippen molar-refractivity contribution in [2.75, 3.05) is 0 Å². The van der Waals surface area contributed by atoms with Crippen molar-refractivity contribution in [3.05, 3.63) is 87.8 Å². The Kier molecular flexibility index (Phi) is 5.54. The number of pyridine rings is 2. The van der Waals surface area contributed by atoms with Crippen molar-refractivity contribution in [3.8, 4) is 5.75 Å². The summed E-state index contributed by atoms with van der Waals surface area (Å²) < 4.78 is 74.5. The molecule has 1 atom stereocenters. The number of benzene rings is 1. The minimum atomic E-state index is -5.12. The summed E-state index contributed by atoms with van der Waals surface area (Å²) >= 11 is 0. The van der Waals surface area contributed by atoms with Crippen LogP contribution in [0.5, 0.6) is 5.75 Å². The number of fused-ring (bicyclic) bond motifs is 1. The van der Waals surface area contributed by atoms with E-state index in [0.29, 0.717) is 12.1 Å². The summed E-state index contributed by atoms with van der Waals surface area (Å²) in [5.41, 5.74) is -0.463. The fourth-order valence-electron chi connectivity index (χ4n) is 3.00. The van der Waals surface area contributed by atoms with E-state index >= 15 is 0 Å². The van der Waals surface area contributed by atoms with E-state index in [1.807, 2.05) is 0 Å². The number of ether oxygens (including phenoxy) is 1. The van der Waals surface area contributed by atoms with Gasteiger partial charge in [-0.1, -0.05) is 6.07 Å². The van der Waals surface area contributed by atoms with Crippen molar-refractivity contribution in [1.29, 1.82) is 0 Å². The average Bonchev–Trinajstić information content (AvgIpc) is 3.12. The highest BCUT2D eigenvalue weighted by atomic mass is 19.4. The third-order valence-corrected chi connectivity index (χ3v) is 4.39.